The van der Waals surface area contributed by atoms with Crippen LogP contribution in [-0.2, 0) is 9.59 Å². The minimum Gasteiger partial charge on any atom is -0.458 e. The van der Waals surface area contributed by atoms with E-state index in [1.165, 1.54) is 0 Å². The van der Waals surface area contributed by atoms with Crippen LogP contribution in [0, 0.1) is 13.8 Å². The first kappa shape index (κ1) is 23.9. The van der Waals surface area contributed by atoms with E-state index in [2.05, 4.69) is 10.6 Å². The molecule has 0 unspecified atom stereocenters. The highest BCUT2D eigenvalue weighted by Gasteiger charge is 2.42. The third-order valence-corrected chi connectivity index (χ3v) is 7.05. The average Bonchev–Trinajstić information content (AvgIpc) is 3.80. The van der Waals surface area contributed by atoms with E-state index in [0.29, 0.717) is 57.6 Å². The third-order valence-electron chi connectivity index (χ3n) is 7.05. The van der Waals surface area contributed by atoms with Crippen molar-refractivity contribution in [1.82, 2.24) is 10.6 Å². The Kier molecular flexibility index (Phi) is 5.02. The van der Waals surface area contributed by atoms with Crippen molar-refractivity contribution < 1.29 is 36.1 Å². The molecule has 0 aliphatic carbocycles. The molecular weight excluding hydrogens is 540 g/mol. The van der Waals surface area contributed by atoms with Crippen LogP contribution in [0.5, 0.6) is 0 Å². The van der Waals surface area contributed by atoms with E-state index in [4.69, 9.17) is 26.5 Å². The predicted octanol–water partition coefficient (Wildman–Crippen LogP) is 6.91. The van der Waals surface area contributed by atoms with E-state index in [1.807, 2.05) is 38.1 Å². The normalized spacial score (nSPS) is 14.7. The summed E-state index contributed by atoms with van der Waals surface area (Å²) in [5, 5.41) is 5.55. The lowest BCUT2D eigenvalue weighted by molar-refractivity contribution is -0.117. The number of furan rings is 6. The quantitative estimate of drug-likeness (QED) is 0.224. The Morgan fingerprint density at radius 2 is 0.643 bits per heavy atom. The molecule has 10 nitrogen and oxygen atoms in total. The standard InChI is InChI=1S/C32H20N2O8/c1-15-3-5-17(37-15)19-7-9-21(39-19)23-11-13-25(41-23)29-27-28(32(36)33-29)30(34-31(27)35)26-14-12-24(42-26)22-10-8-20(40-22)18-6-4-16(2)38-18/h3-14H,1-2H3,(H,33,36)(H,34,35). The molecule has 8 rings (SSSR count). The van der Waals surface area contributed by atoms with Gasteiger partial charge in [0.25, 0.3) is 11.8 Å². The third kappa shape index (κ3) is 3.73. The average molecular weight is 561 g/mol. The maximum Gasteiger partial charge on any atom is 0.258 e. The molecule has 6 aromatic rings. The first-order chi connectivity index (χ1) is 20.4. The minimum atomic E-state index is -0.453. The first-order valence-electron chi connectivity index (χ1n) is 13.1. The SMILES string of the molecule is Cc1ccc(-c2ccc(-c3ccc(C4=C5C(=O)NC(c6ccc(-c7ccc(-c8ccc(C)o8)o7)o6)=C5C(=O)N4)o3)o2)o1. The van der Waals surface area contributed by atoms with Crippen molar-refractivity contribution in [3.8, 4) is 46.1 Å². The topological polar surface area (TPSA) is 137 Å². The molecule has 0 radical (unpaired) electrons. The monoisotopic (exact) mass is 560 g/mol. The number of carbonyl (C=O) groups excluding carboxylic acids is 2. The van der Waals surface area contributed by atoms with Crippen molar-refractivity contribution in [1.29, 1.82) is 0 Å². The van der Waals surface area contributed by atoms with Crippen LogP contribution in [0.4, 0.5) is 0 Å². The van der Waals surface area contributed by atoms with Crippen LogP contribution in [0.15, 0.2) is 110 Å². The Hall–Kier alpha value is -5.90. The molecule has 0 atom stereocenters. The van der Waals surface area contributed by atoms with Gasteiger partial charge in [0, 0.05) is 0 Å². The Balaban J connectivity index is 1.10. The van der Waals surface area contributed by atoms with Gasteiger partial charge < -0.3 is 37.1 Å². The molecule has 2 amide bonds. The van der Waals surface area contributed by atoms with Crippen LogP contribution in [0.1, 0.15) is 23.0 Å². The maximum absolute atomic E-state index is 13.1. The van der Waals surface area contributed by atoms with Gasteiger partial charge in [-0.15, -0.1) is 0 Å². The van der Waals surface area contributed by atoms with Crippen molar-refractivity contribution >= 4 is 23.2 Å². The second kappa shape index (κ2) is 8.80. The Bertz CT molecular complexity index is 1960. The van der Waals surface area contributed by atoms with Gasteiger partial charge in [0.1, 0.15) is 11.5 Å². The van der Waals surface area contributed by atoms with E-state index in [1.54, 1.807) is 48.5 Å². The zero-order valence-corrected chi connectivity index (χ0v) is 22.2. The number of amides is 2. The van der Waals surface area contributed by atoms with E-state index in [0.717, 1.165) is 11.5 Å². The van der Waals surface area contributed by atoms with E-state index < -0.39 is 11.8 Å². The molecule has 2 aliphatic heterocycles. The zero-order valence-electron chi connectivity index (χ0n) is 22.2. The fraction of sp³-hybridized carbons (Fsp3) is 0.0625. The molecule has 6 aromatic heterocycles. The van der Waals surface area contributed by atoms with Gasteiger partial charge in [-0.1, -0.05) is 0 Å². The molecule has 0 fully saturated rings. The predicted molar refractivity (Wildman–Crippen MR) is 148 cm³/mol. The van der Waals surface area contributed by atoms with Crippen LogP contribution in [0.3, 0.4) is 0 Å². The van der Waals surface area contributed by atoms with Gasteiger partial charge in [-0.05, 0) is 86.6 Å². The number of carbonyl (C=O) groups is 2. The highest BCUT2D eigenvalue weighted by atomic mass is 16.4. The van der Waals surface area contributed by atoms with Crippen LogP contribution < -0.4 is 10.6 Å². The number of hydrogen-bond acceptors (Lipinski definition) is 8. The second-order valence-electron chi connectivity index (χ2n) is 9.88. The fourth-order valence-electron chi connectivity index (χ4n) is 5.10. The van der Waals surface area contributed by atoms with Crippen molar-refractivity contribution in [2.75, 3.05) is 0 Å². The van der Waals surface area contributed by atoms with Crippen molar-refractivity contribution in [2.45, 2.75) is 13.8 Å². The van der Waals surface area contributed by atoms with Gasteiger partial charge in [-0.3, -0.25) is 9.59 Å². The van der Waals surface area contributed by atoms with Crippen LogP contribution in [0.25, 0.3) is 57.5 Å². The second-order valence-corrected chi connectivity index (χ2v) is 9.88. The Morgan fingerprint density at radius 3 is 0.952 bits per heavy atom. The first-order valence-corrected chi connectivity index (χ1v) is 13.1. The van der Waals surface area contributed by atoms with Gasteiger partial charge in [0.05, 0.1) is 22.5 Å². The summed E-state index contributed by atoms with van der Waals surface area (Å²) in [6.07, 6.45) is 0. The van der Waals surface area contributed by atoms with Crippen molar-refractivity contribution in [3.63, 3.8) is 0 Å². The molecule has 8 heterocycles. The molecule has 2 aliphatic rings. The summed E-state index contributed by atoms with van der Waals surface area (Å²) in [6, 6.07) is 21.2. The van der Waals surface area contributed by atoms with E-state index in [-0.39, 0.29) is 22.5 Å². The summed E-state index contributed by atoms with van der Waals surface area (Å²) in [5.41, 5.74) is 0.874. The van der Waals surface area contributed by atoms with E-state index in [9.17, 15) is 9.59 Å². The molecule has 0 saturated carbocycles. The van der Waals surface area contributed by atoms with Crippen molar-refractivity contribution in [2.24, 2.45) is 0 Å². The van der Waals surface area contributed by atoms with Crippen LogP contribution in [-0.4, -0.2) is 11.8 Å². The number of hydrogen-bond donors (Lipinski definition) is 2. The van der Waals surface area contributed by atoms with Gasteiger partial charge in [0.15, 0.2) is 57.6 Å². The summed E-state index contributed by atoms with van der Waals surface area (Å²) in [4.78, 5) is 26.2. The van der Waals surface area contributed by atoms with E-state index >= 15 is 0 Å². The molecule has 206 valence electrons. The summed E-state index contributed by atoms with van der Waals surface area (Å²) in [6.45, 7) is 3.71. The number of rotatable bonds is 6. The summed E-state index contributed by atoms with van der Waals surface area (Å²) >= 11 is 0. The highest BCUT2D eigenvalue weighted by molar-refractivity contribution is 6.30. The number of nitrogens with one attached hydrogen (secondary N) is 2. The molecule has 0 saturated heterocycles. The lowest BCUT2D eigenvalue weighted by Gasteiger charge is -2.03. The molecule has 0 bridgehead atoms. The lowest BCUT2D eigenvalue weighted by Crippen LogP contribution is -2.21. The molecule has 0 aromatic carbocycles. The summed E-state index contributed by atoms with van der Waals surface area (Å²) in [5.74, 6) is 5.36. The molecule has 42 heavy (non-hydrogen) atoms. The van der Waals surface area contributed by atoms with Crippen LogP contribution in [0.2, 0.25) is 0 Å². The lowest BCUT2D eigenvalue weighted by atomic mass is 10.1. The maximum atomic E-state index is 13.1. The molecule has 2 N–H and O–H groups in total. The summed E-state index contributed by atoms with van der Waals surface area (Å²) < 4.78 is 35.1. The molecule has 10 heteroatoms. The zero-order chi connectivity index (χ0) is 28.5. The summed E-state index contributed by atoms with van der Waals surface area (Å²) in [7, 11) is 0. The van der Waals surface area contributed by atoms with Gasteiger partial charge in [-0.25, -0.2) is 0 Å². The van der Waals surface area contributed by atoms with Crippen LogP contribution >= 0.6 is 0 Å². The Morgan fingerprint density at radius 1 is 0.381 bits per heavy atom. The molecule has 0 spiro atoms. The number of aryl methyl sites for hydroxylation is 2. The Labute approximate surface area is 236 Å². The molecular formula is C32H20N2O8. The number of fused-ring (bicyclic) bond motifs is 1. The fourth-order valence-corrected chi connectivity index (χ4v) is 5.10. The smallest absolute Gasteiger partial charge is 0.258 e. The van der Waals surface area contributed by atoms with Gasteiger partial charge in [-0.2, -0.15) is 0 Å². The highest BCUT2D eigenvalue weighted by Crippen LogP contribution is 2.40. The van der Waals surface area contributed by atoms with Crippen molar-refractivity contribution in [3.05, 3.63) is 107 Å². The van der Waals surface area contributed by atoms with Gasteiger partial charge in [0.2, 0.25) is 0 Å². The largest absolute Gasteiger partial charge is 0.458 e. The van der Waals surface area contributed by atoms with Gasteiger partial charge >= 0.3 is 0 Å². The minimum absolute atomic E-state index is 0.175.